The number of nitrogens with zero attached hydrogens (tertiary/aromatic N) is 1. The molecule has 0 bridgehead atoms. The zero-order valence-corrected chi connectivity index (χ0v) is 11.7. The summed E-state index contributed by atoms with van der Waals surface area (Å²) in [5.74, 6) is 1.25. The van der Waals surface area contributed by atoms with Crippen LogP contribution in [-0.4, -0.2) is 12.1 Å². The highest BCUT2D eigenvalue weighted by molar-refractivity contribution is 7.13. The van der Waals surface area contributed by atoms with Crippen LogP contribution in [0.5, 0.6) is 5.75 Å². The smallest absolute Gasteiger partial charge is 0.123 e. The molecule has 0 spiro atoms. The summed E-state index contributed by atoms with van der Waals surface area (Å²) in [6.45, 7) is 4.22. The van der Waals surface area contributed by atoms with E-state index in [1.54, 1.807) is 18.4 Å². The van der Waals surface area contributed by atoms with Crippen molar-refractivity contribution >= 4 is 11.3 Å². The van der Waals surface area contributed by atoms with Gasteiger partial charge in [-0.05, 0) is 30.2 Å². The van der Waals surface area contributed by atoms with Gasteiger partial charge in [-0.1, -0.05) is 13.8 Å². The minimum atomic E-state index is 0.00764. The summed E-state index contributed by atoms with van der Waals surface area (Å²) in [4.78, 5) is 4.61. The number of rotatable bonds is 4. The molecule has 4 heteroatoms. The lowest BCUT2D eigenvalue weighted by Gasteiger charge is -2.12. The molecule has 2 aromatic rings. The molecule has 2 rings (SSSR count). The van der Waals surface area contributed by atoms with Crippen LogP contribution in [0, 0.1) is 5.92 Å². The Morgan fingerprint density at radius 3 is 2.44 bits per heavy atom. The largest absolute Gasteiger partial charge is 0.497 e. The lowest BCUT2D eigenvalue weighted by atomic mass is 10.0. The van der Waals surface area contributed by atoms with Crippen LogP contribution in [0.25, 0.3) is 10.6 Å². The van der Waals surface area contributed by atoms with Crippen LogP contribution >= 0.6 is 11.3 Å². The van der Waals surface area contributed by atoms with Gasteiger partial charge in [0.1, 0.15) is 10.8 Å². The lowest BCUT2D eigenvalue weighted by molar-refractivity contribution is 0.415. The molecule has 0 saturated heterocycles. The maximum Gasteiger partial charge on any atom is 0.123 e. The van der Waals surface area contributed by atoms with E-state index >= 15 is 0 Å². The molecule has 1 unspecified atom stereocenters. The molecule has 0 fully saturated rings. The molecule has 0 saturated carbocycles. The highest BCUT2D eigenvalue weighted by atomic mass is 32.1. The highest BCUT2D eigenvalue weighted by Gasteiger charge is 2.14. The number of thiazole rings is 1. The molecular formula is C14H18N2OS. The van der Waals surface area contributed by atoms with Crippen molar-refractivity contribution < 1.29 is 4.74 Å². The van der Waals surface area contributed by atoms with Gasteiger partial charge in [0.2, 0.25) is 0 Å². The summed E-state index contributed by atoms with van der Waals surface area (Å²) >= 11 is 1.63. The van der Waals surface area contributed by atoms with Crippen molar-refractivity contribution in [1.29, 1.82) is 0 Å². The third kappa shape index (κ3) is 2.71. The minimum absolute atomic E-state index is 0.00764. The number of aromatic nitrogens is 1. The summed E-state index contributed by atoms with van der Waals surface area (Å²) in [7, 11) is 1.66. The van der Waals surface area contributed by atoms with E-state index in [2.05, 4.69) is 18.8 Å². The SMILES string of the molecule is COc1ccc(-c2nc(C(N)C(C)C)cs2)cc1. The monoisotopic (exact) mass is 262 g/mol. The number of ether oxygens (including phenoxy) is 1. The van der Waals surface area contributed by atoms with E-state index in [1.165, 1.54) is 0 Å². The maximum atomic E-state index is 6.10. The molecule has 1 atom stereocenters. The van der Waals surface area contributed by atoms with E-state index in [0.717, 1.165) is 22.0 Å². The summed E-state index contributed by atoms with van der Waals surface area (Å²) in [6.07, 6.45) is 0. The molecule has 18 heavy (non-hydrogen) atoms. The zero-order chi connectivity index (χ0) is 13.1. The van der Waals surface area contributed by atoms with E-state index in [1.807, 2.05) is 29.6 Å². The average Bonchev–Trinajstić information content (AvgIpc) is 2.87. The Kier molecular flexibility index (Phi) is 3.99. The molecule has 1 heterocycles. The summed E-state index contributed by atoms with van der Waals surface area (Å²) in [5, 5.41) is 3.05. The Labute approximate surface area is 112 Å². The topological polar surface area (TPSA) is 48.1 Å². The van der Waals surface area contributed by atoms with Gasteiger partial charge in [-0.15, -0.1) is 11.3 Å². The van der Waals surface area contributed by atoms with Gasteiger partial charge in [0.05, 0.1) is 18.8 Å². The quantitative estimate of drug-likeness (QED) is 0.917. The first-order valence-corrected chi connectivity index (χ1v) is 6.85. The fraction of sp³-hybridized carbons (Fsp3) is 0.357. The van der Waals surface area contributed by atoms with Gasteiger partial charge < -0.3 is 10.5 Å². The van der Waals surface area contributed by atoms with Crippen molar-refractivity contribution in [3.8, 4) is 16.3 Å². The van der Waals surface area contributed by atoms with Crippen molar-refractivity contribution in [3.63, 3.8) is 0 Å². The number of hydrogen-bond donors (Lipinski definition) is 1. The van der Waals surface area contributed by atoms with Gasteiger partial charge in [-0.25, -0.2) is 4.98 Å². The number of hydrogen-bond acceptors (Lipinski definition) is 4. The zero-order valence-electron chi connectivity index (χ0n) is 10.9. The fourth-order valence-corrected chi connectivity index (χ4v) is 2.52. The Bertz CT molecular complexity index is 505. The Morgan fingerprint density at radius 1 is 1.22 bits per heavy atom. The minimum Gasteiger partial charge on any atom is -0.497 e. The predicted molar refractivity (Wildman–Crippen MR) is 75.9 cm³/mol. The second-order valence-corrected chi connectivity index (χ2v) is 5.43. The van der Waals surface area contributed by atoms with E-state index in [-0.39, 0.29) is 6.04 Å². The van der Waals surface area contributed by atoms with Crippen molar-refractivity contribution in [1.82, 2.24) is 4.98 Å². The van der Waals surface area contributed by atoms with Gasteiger partial charge in [-0.2, -0.15) is 0 Å². The average molecular weight is 262 g/mol. The second-order valence-electron chi connectivity index (χ2n) is 4.58. The van der Waals surface area contributed by atoms with Crippen molar-refractivity contribution in [3.05, 3.63) is 35.3 Å². The van der Waals surface area contributed by atoms with Crippen molar-refractivity contribution in [2.75, 3.05) is 7.11 Å². The highest BCUT2D eigenvalue weighted by Crippen LogP contribution is 2.28. The third-order valence-electron chi connectivity index (χ3n) is 2.92. The normalized spacial score (nSPS) is 12.7. The first-order chi connectivity index (χ1) is 8.61. The fourth-order valence-electron chi connectivity index (χ4n) is 1.65. The summed E-state index contributed by atoms with van der Waals surface area (Å²) < 4.78 is 5.14. The van der Waals surface area contributed by atoms with Crippen LogP contribution in [-0.2, 0) is 0 Å². The molecule has 0 aliphatic carbocycles. The summed E-state index contributed by atoms with van der Waals surface area (Å²) in [6, 6.07) is 7.93. The number of nitrogens with two attached hydrogens (primary N) is 1. The molecule has 2 N–H and O–H groups in total. The van der Waals surface area contributed by atoms with Gasteiger partial charge in [0.15, 0.2) is 0 Å². The van der Waals surface area contributed by atoms with Gasteiger partial charge in [-0.3, -0.25) is 0 Å². The van der Waals surface area contributed by atoms with Gasteiger partial charge in [0, 0.05) is 10.9 Å². The first kappa shape index (κ1) is 13.1. The van der Waals surface area contributed by atoms with Crippen molar-refractivity contribution in [2.45, 2.75) is 19.9 Å². The van der Waals surface area contributed by atoms with E-state index < -0.39 is 0 Å². The standard InChI is InChI=1S/C14H18N2OS/c1-9(2)13(15)12-8-18-14(16-12)10-4-6-11(17-3)7-5-10/h4-9,13H,15H2,1-3H3. The van der Waals surface area contributed by atoms with Crippen LogP contribution in [0.3, 0.4) is 0 Å². The first-order valence-electron chi connectivity index (χ1n) is 5.97. The summed E-state index contributed by atoms with van der Waals surface area (Å²) in [5.41, 5.74) is 8.17. The van der Waals surface area contributed by atoms with Crippen molar-refractivity contribution in [2.24, 2.45) is 11.7 Å². The Balaban J connectivity index is 2.23. The lowest BCUT2D eigenvalue weighted by Crippen LogP contribution is -2.16. The third-order valence-corrected chi connectivity index (χ3v) is 3.83. The Hall–Kier alpha value is -1.39. The van der Waals surface area contributed by atoms with Crippen LogP contribution in [0.4, 0.5) is 0 Å². The van der Waals surface area contributed by atoms with Gasteiger partial charge in [0.25, 0.3) is 0 Å². The molecule has 96 valence electrons. The van der Waals surface area contributed by atoms with E-state index in [9.17, 15) is 0 Å². The van der Waals surface area contributed by atoms with Crippen LogP contribution in [0.2, 0.25) is 0 Å². The van der Waals surface area contributed by atoms with E-state index in [4.69, 9.17) is 10.5 Å². The predicted octanol–water partition coefficient (Wildman–Crippen LogP) is 3.47. The van der Waals surface area contributed by atoms with Crippen LogP contribution in [0.1, 0.15) is 25.6 Å². The Morgan fingerprint density at radius 2 is 1.89 bits per heavy atom. The second kappa shape index (κ2) is 5.50. The maximum absolute atomic E-state index is 6.10. The van der Waals surface area contributed by atoms with Crippen LogP contribution in [0.15, 0.2) is 29.6 Å². The van der Waals surface area contributed by atoms with Gasteiger partial charge >= 0.3 is 0 Å². The molecule has 3 nitrogen and oxygen atoms in total. The van der Waals surface area contributed by atoms with E-state index in [0.29, 0.717) is 5.92 Å². The molecule has 0 aliphatic rings. The molecule has 0 radical (unpaired) electrons. The van der Waals surface area contributed by atoms with Crippen LogP contribution < -0.4 is 10.5 Å². The molecule has 0 aliphatic heterocycles. The molecule has 1 aromatic heterocycles. The molecular weight excluding hydrogens is 244 g/mol. The number of benzene rings is 1. The number of methoxy groups -OCH3 is 1. The molecule has 0 amide bonds. The molecule has 1 aromatic carbocycles.